The molecule has 1 amide bonds. The van der Waals surface area contributed by atoms with E-state index < -0.39 is 34.7 Å². The fourth-order valence-corrected chi connectivity index (χ4v) is 1.58. The Balaban J connectivity index is 2.21. The third-order valence-electron chi connectivity index (χ3n) is 2.28. The molecule has 7 nitrogen and oxygen atoms in total. The number of carbonyl (C=O) groups excluding carboxylic acids is 3. The molecule has 0 bridgehead atoms. The topological polar surface area (TPSA) is 90.9 Å². The molecule has 0 aromatic rings. The first-order chi connectivity index (χ1) is 9.19. The summed E-state index contributed by atoms with van der Waals surface area (Å²) >= 11 is 16.1. The lowest BCUT2D eigenvalue weighted by atomic mass is 9.96. The van der Waals surface area contributed by atoms with Gasteiger partial charge in [0.05, 0.1) is 12.5 Å². The quantitative estimate of drug-likeness (QED) is 0.460. The predicted molar refractivity (Wildman–Crippen MR) is 69.4 cm³/mol. The van der Waals surface area contributed by atoms with E-state index >= 15 is 0 Å². The summed E-state index contributed by atoms with van der Waals surface area (Å²) in [5.74, 6) is -1.35. The molecule has 20 heavy (non-hydrogen) atoms. The molecule has 0 radical (unpaired) electrons. The number of alkyl halides is 3. The van der Waals surface area contributed by atoms with Crippen LogP contribution in [0, 0.1) is 5.92 Å². The van der Waals surface area contributed by atoms with E-state index in [0.717, 1.165) is 0 Å². The first kappa shape index (κ1) is 17.1. The summed E-state index contributed by atoms with van der Waals surface area (Å²) in [4.78, 5) is 33.1. The highest BCUT2D eigenvalue weighted by Gasteiger charge is 2.41. The summed E-state index contributed by atoms with van der Waals surface area (Å²) < 4.78 is 12.3. The van der Waals surface area contributed by atoms with Gasteiger partial charge in [0.15, 0.2) is 6.23 Å². The van der Waals surface area contributed by atoms with Crippen molar-refractivity contribution < 1.29 is 28.6 Å². The number of carbonyl (C=O) groups is 3. The lowest BCUT2D eigenvalue weighted by molar-refractivity contribution is -0.168. The van der Waals surface area contributed by atoms with Crippen molar-refractivity contribution in [1.82, 2.24) is 5.32 Å². The van der Waals surface area contributed by atoms with Crippen LogP contribution in [0.5, 0.6) is 0 Å². The van der Waals surface area contributed by atoms with Crippen molar-refractivity contribution in [2.75, 3.05) is 13.2 Å². The van der Waals surface area contributed by atoms with E-state index in [1.807, 2.05) is 0 Å². The number of rotatable bonds is 5. The van der Waals surface area contributed by atoms with E-state index in [0.29, 0.717) is 0 Å². The van der Waals surface area contributed by atoms with Gasteiger partial charge in [0.1, 0.15) is 6.61 Å². The molecule has 1 fully saturated rings. The number of esters is 1. The van der Waals surface area contributed by atoms with Gasteiger partial charge < -0.3 is 19.5 Å². The average molecular weight is 349 g/mol. The molecule has 10 heteroatoms. The maximum atomic E-state index is 11.2. The number of nitrogens with one attached hydrogen (secondary N) is 1. The molecule has 2 atom stereocenters. The van der Waals surface area contributed by atoms with Crippen molar-refractivity contribution in [2.24, 2.45) is 5.92 Å². The van der Waals surface area contributed by atoms with Crippen LogP contribution >= 0.6 is 34.8 Å². The third-order valence-corrected chi connectivity index (χ3v) is 2.61. The van der Waals surface area contributed by atoms with Crippen molar-refractivity contribution in [3.63, 3.8) is 0 Å². The highest BCUT2D eigenvalue weighted by molar-refractivity contribution is 6.67. The summed E-state index contributed by atoms with van der Waals surface area (Å²) in [7, 11) is 0. The third kappa shape index (κ3) is 6.02. The molecule has 1 aliphatic rings. The van der Waals surface area contributed by atoms with Crippen LogP contribution in [0.2, 0.25) is 0 Å². The van der Waals surface area contributed by atoms with E-state index in [2.05, 4.69) is 14.8 Å². The molecule has 1 rings (SSSR count). The Morgan fingerprint density at radius 1 is 1.30 bits per heavy atom. The Morgan fingerprint density at radius 2 is 1.95 bits per heavy atom. The Morgan fingerprint density at radius 3 is 2.45 bits per heavy atom. The molecule has 0 spiro atoms. The van der Waals surface area contributed by atoms with Crippen LogP contribution in [0.1, 0.15) is 13.3 Å². The summed E-state index contributed by atoms with van der Waals surface area (Å²) in [5, 5.41) is 2.40. The molecule has 1 aliphatic heterocycles. The zero-order chi connectivity index (χ0) is 15.3. The lowest BCUT2D eigenvalue weighted by Gasteiger charge is -2.35. The van der Waals surface area contributed by atoms with E-state index in [9.17, 15) is 14.4 Å². The fourth-order valence-electron chi connectivity index (χ4n) is 1.41. The highest BCUT2D eigenvalue weighted by atomic mass is 35.6. The Hall–Kier alpha value is -0.920. The van der Waals surface area contributed by atoms with Crippen molar-refractivity contribution in [2.45, 2.75) is 23.4 Å². The van der Waals surface area contributed by atoms with Crippen LogP contribution in [-0.4, -0.2) is 41.3 Å². The zero-order valence-corrected chi connectivity index (χ0v) is 12.6. The number of halogens is 3. The number of hydrogen-bond donors (Lipinski definition) is 1. The maximum absolute atomic E-state index is 11.2. The second kappa shape index (κ2) is 7.19. The van der Waals surface area contributed by atoms with E-state index in [1.165, 1.54) is 6.92 Å². The molecule has 1 saturated heterocycles. The van der Waals surface area contributed by atoms with Gasteiger partial charge in [0.2, 0.25) is 9.70 Å². The van der Waals surface area contributed by atoms with Crippen LogP contribution in [0.4, 0.5) is 4.79 Å². The molecular weight excluding hydrogens is 336 g/mol. The number of amides is 1. The highest BCUT2D eigenvalue weighted by Crippen LogP contribution is 2.26. The molecule has 114 valence electrons. The van der Waals surface area contributed by atoms with Gasteiger partial charge in [-0.05, 0) is 6.42 Å². The molecular formula is C10H12Cl3NO6. The van der Waals surface area contributed by atoms with Gasteiger partial charge in [-0.3, -0.25) is 9.59 Å². The number of β-lactam (4-membered cyclic amide) rings is 1. The smallest absolute Gasteiger partial charge is 0.441 e. The molecule has 0 saturated carbocycles. The van der Waals surface area contributed by atoms with E-state index in [-0.39, 0.29) is 18.9 Å². The Bertz CT molecular complexity index is 397. The lowest BCUT2D eigenvalue weighted by Crippen LogP contribution is -2.60. The van der Waals surface area contributed by atoms with Gasteiger partial charge in [-0.25, -0.2) is 4.79 Å². The van der Waals surface area contributed by atoms with Crippen molar-refractivity contribution in [3.8, 4) is 0 Å². The Kier molecular flexibility index (Phi) is 6.16. The van der Waals surface area contributed by atoms with Crippen LogP contribution in [0.25, 0.3) is 0 Å². The number of ether oxygens (including phenoxy) is 3. The average Bonchev–Trinajstić information content (AvgIpc) is 2.30. The van der Waals surface area contributed by atoms with Crippen LogP contribution in [0.3, 0.4) is 0 Å². The summed E-state index contributed by atoms with van der Waals surface area (Å²) in [6.07, 6.45) is -1.52. The molecule has 0 unspecified atom stereocenters. The van der Waals surface area contributed by atoms with E-state index in [4.69, 9.17) is 39.5 Å². The van der Waals surface area contributed by atoms with Gasteiger partial charge in [-0.1, -0.05) is 34.8 Å². The van der Waals surface area contributed by atoms with Crippen LogP contribution < -0.4 is 5.32 Å². The van der Waals surface area contributed by atoms with Crippen LogP contribution in [0.15, 0.2) is 0 Å². The van der Waals surface area contributed by atoms with Gasteiger partial charge >= 0.3 is 12.1 Å². The summed E-state index contributed by atoms with van der Waals surface area (Å²) in [6, 6.07) is 0. The van der Waals surface area contributed by atoms with Crippen molar-refractivity contribution in [3.05, 3.63) is 0 Å². The first-order valence-corrected chi connectivity index (χ1v) is 6.66. The summed E-state index contributed by atoms with van der Waals surface area (Å²) in [6.45, 7) is 0.692. The fraction of sp³-hybridized carbons (Fsp3) is 0.700. The van der Waals surface area contributed by atoms with Crippen LogP contribution in [-0.2, 0) is 23.8 Å². The maximum Gasteiger partial charge on any atom is 0.508 e. The molecule has 1 heterocycles. The second-order valence-corrected chi connectivity index (χ2v) is 6.45. The van der Waals surface area contributed by atoms with Gasteiger partial charge in [0.25, 0.3) is 0 Å². The van der Waals surface area contributed by atoms with Crippen molar-refractivity contribution >= 4 is 52.8 Å². The van der Waals surface area contributed by atoms with Gasteiger partial charge in [0, 0.05) is 6.92 Å². The largest absolute Gasteiger partial charge is 0.508 e. The SMILES string of the molecule is CC(=O)O[C@H]1NC(=O)[C@@H]1CCOC(=O)OCC(Cl)(Cl)Cl. The molecule has 1 N–H and O–H groups in total. The standard InChI is InChI=1S/C10H12Cl3NO6/c1-5(15)20-8-6(7(16)14-8)2-3-18-9(17)19-4-10(11,12)13/h6,8H,2-4H2,1H3,(H,14,16)/t6-,8+/m0/s1. The van der Waals surface area contributed by atoms with Crippen molar-refractivity contribution in [1.29, 1.82) is 0 Å². The zero-order valence-electron chi connectivity index (χ0n) is 10.4. The van der Waals surface area contributed by atoms with E-state index in [1.54, 1.807) is 0 Å². The first-order valence-electron chi connectivity index (χ1n) is 5.53. The van der Waals surface area contributed by atoms with Gasteiger partial charge in [-0.2, -0.15) is 0 Å². The monoisotopic (exact) mass is 347 g/mol. The minimum atomic E-state index is -1.71. The molecule has 0 aromatic heterocycles. The minimum absolute atomic E-state index is 0.0887. The normalized spacial score (nSPS) is 21.5. The summed E-state index contributed by atoms with van der Waals surface area (Å²) in [5.41, 5.74) is 0. The predicted octanol–water partition coefficient (Wildman–Crippen LogP) is 1.54. The van der Waals surface area contributed by atoms with Gasteiger partial charge in [-0.15, -0.1) is 0 Å². The number of hydrogen-bond acceptors (Lipinski definition) is 6. The molecule has 0 aromatic carbocycles. The Labute approximate surface area is 129 Å². The molecule has 0 aliphatic carbocycles. The minimum Gasteiger partial charge on any atom is -0.441 e. The second-order valence-electron chi connectivity index (χ2n) is 3.94.